The number of piperidine rings is 2. The molecule has 2 amide bonds. The SMILES string of the molecule is COC1CCN(Cc2ccc(-n3nc(C(C)(C)C)cc3NC(=O)N[C@H]3CC[C@@H](Oc4ccc5nnc(N6CCCC[C@@H]6C)n5c4)c4ccccc43)cc2)CC1.O=CO. The molecule has 14 heteroatoms. The summed E-state index contributed by atoms with van der Waals surface area (Å²) in [5.41, 5.74) is 5.81. The second-order valence-electron chi connectivity index (χ2n) is 16.7. The summed E-state index contributed by atoms with van der Waals surface area (Å²) in [6.07, 6.45) is 9.41. The number of hydrogen-bond acceptors (Lipinski definition) is 9. The number of carbonyl (C=O) groups excluding carboxylic acids is 1. The maximum absolute atomic E-state index is 13.8. The third-order valence-electron chi connectivity index (χ3n) is 11.6. The van der Waals surface area contributed by atoms with Crippen molar-refractivity contribution in [2.45, 2.75) is 109 Å². The number of ether oxygens (including phenoxy) is 2. The summed E-state index contributed by atoms with van der Waals surface area (Å²) in [7, 11) is 1.81. The molecule has 0 bridgehead atoms. The zero-order chi connectivity index (χ0) is 40.8. The van der Waals surface area contributed by atoms with Crippen molar-refractivity contribution in [1.82, 2.24) is 34.6 Å². The number of methoxy groups -OCH3 is 1. The van der Waals surface area contributed by atoms with Crippen LogP contribution >= 0.6 is 0 Å². The largest absolute Gasteiger partial charge is 0.484 e. The molecule has 2 saturated heterocycles. The van der Waals surface area contributed by atoms with Crippen molar-refractivity contribution in [3.8, 4) is 11.4 Å². The third-order valence-corrected chi connectivity index (χ3v) is 11.6. The number of likely N-dealkylation sites (tertiary alicyclic amines) is 1. The van der Waals surface area contributed by atoms with E-state index in [2.05, 4.69) is 99.1 Å². The van der Waals surface area contributed by atoms with Crippen molar-refractivity contribution in [2.24, 2.45) is 0 Å². The van der Waals surface area contributed by atoms with Gasteiger partial charge in [0.1, 0.15) is 17.7 Å². The van der Waals surface area contributed by atoms with E-state index < -0.39 is 0 Å². The molecule has 0 radical (unpaired) electrons. The van der Waals surface area contributed by atoms with Gasteiger partial charge in [-0.05, 0) is 92.8 Å². The van der Waals surface area contributed by atoms with Gasteiger partial charge < -0.3 is 24.8 Å². The molecule has 3 aromatic heterocycles. The van der Waals surface area contributed by atoms with E-state index in [1.807, 2.05) is 41.2 Å². The molecule has 8 rings (SSSR count). The van der Waals surface area contributed by atoms with Crippen molar-refractivity contribution in [3.05, 3.63) is 95.3 Å². The summed E-state index contributed by atoms with van der Waals surface area (Å²) in [4.78, 5) is 27.0. The second-order valence-corrected chi connectivity index (χ2v) is 16.7. The minimum atomic E-state index is -0.269. The van der Waals surface area contributed by atoms with Gasteiger partial charge in [0.25, 0.3) is 6.47 Å². The fraction of sp³-hybridized carbons (Fsp3) is 0.477. The zero-order valence-electron chi connectivity index (χ0n) is 34.3. The van der Waals surface area contributed by atoms with E-state index in [0.29, 0.717) is 18.0 Å². The number of hydrogen-bond donors (Lipinski definition) is 3. The quantitative estimate of drug-likeness (QED) is 0.127. The molecular formula is C44H57N9O5. The lowest BCUT2D eigenvalue weighted by molar-refractivity contribution is -0.122. The van der Waals surface area contributed by atoms with Crippen molar-refractivity contribution >= 4 is 29.9 Å². The zero-order valence-corrected chi connectivity index (χ0v) is 34.3. The first-order chi connectivity index (χ1) is 28.0. The lowest BCUT2D eigenvalue weighted by Gasteiger charge is -2.33. The van der Waals surface area contributed by atoms with Gasteiger partial charge in [0, 0.05) is 50.8 Å². The Labute approximate surface area is 340 Å². The van der Waals surface area contributed by atoms with Gasteiger partial charge in [-0.2, -0.15) is 5.10 Å². The Bertz CT molecular complexity index is 2150. The highest BCUT2D eigenvalue weighted by Crippen LogP contribution is 2.39. The molecule has 308 valence electrons. The molecule has 0 unspecified atom stereocenters. The Kier molecular flexibility index (Phi) is 12.6. The second kappa shape index (κ2) is 18.0. The van der Waals surface area contributed by atoms with E-state index in [1.54, 1.807) is 7.11 Å². The van der Waals surface area contributed by atoms with Crippen molar-refractivity contribution in [1.29, 1.82) is 0 Å². The number of urea groups is 1. The van der Waals surface area contributed by atoms with Crippen LogP contribution in [0.25, 0.3) is 11.3 Å². The van der Waals surface area contributed by atoms with E-state index in [0.717, 1.165) is 105 Å². The maximum Gasteiger partial charge on any atom is 0.320 e. The van der Waals surface area contributed by atoms with Crippen LogP contribution in [0.3, 0.4) is 0 Å². The van der Waals surface area contributed by atoms with Gasteiger partial charge in [-0.25, -0.2) is 9.48 Å². The molecule has 3 N–H and O–H groups in total. The van der Waals surface area contributed by atoms with E-state index in [1.165, 1.54) is 12.0 Å². The van der Waals surface area contributed by atoms with Crippen molar-refractivity contribution in [3.63, 3.8) is 0 Å². The Morgan fingerprint density at radius 3 is 2.38 bits per heavy atom. The highest BCUT2D eigenvalue weighted by molar-refractivity contribution is 5.89. The van der Waals surface area contributed by atoms with Crippen LogP contribution in [-0.4, -0.2) is 85.8 Å². The van der Waals surface area contributed by atoms with Gasteiger partial charge in [-0.15, -0.1) is 10.2 Å². The van der Waals surface area contributed by atoms with Gasteiger partial charge in [0.15, 0.2) is 5.65 Å². The smallest absolute Gasteiger partial charge is 0.320 e. The fourth-order valence-electron chi connectivity index (χ4n) is 8.36. The van der Waals surface area contributed by atoms with Gasteiger partial charge in [-0.3, -0.25) is 19.4 Å². The maximum atomic E-state index is 13.8. The van der Waals surface area contributed by atoms with Crippen LogP contribution in [0.1, 0.15) is 107 Å². The molecule has 2 fully saturated rings. The Balaban J connectivity index is 0.00000166. The van der Waals surface area contributed by atoms with Crippen LogP contribution in [0.2, 0.25) is 0 Å². The first kappa shape index (κ1) is 40.7. The summed E-state index contributed by atoms with van der Waals surface area (Å²) in [6.45, 7) is 12.4. The number of benzene rings is 2. The average molecular weight is 792 g/mol. The predicted octanol–water partition coefficient (Wildman–Crippen LogP) is 7.68. The molecule has 2 aromatic carbocycles. The molecule has 0 saturated carbocycles. The molecule has 1 aliphatic carbocycles. The van der Waals surface area contributed by atoms with Crippen LogP contribution in [0, 0.1) is 0 Å². The Morgan fingerprint density at radius 1 is 0.931 bits per heavy atom. The summed E-state index contributed by atoms with van der Waals surface area (Å²) < 4.78 is 16.1. The highest BCUT2D eigenvalue weighted by atomic mass is 16.5. The molecule has 5 heterocycles. The van der Waals surface area contributed by atoms with Gasteiger partial charge in [0.05, 0.1) is 29.7 Å². The number of nitrogens with zero attached hydrogens (tertiary/aromatic N) is 7. The number of carboxylic acid groups (broad SMARTS) is 1. The molecule has 14 nitrogen and oxygen atoms in total. The number of amides is 2. The predicted molar refractivity (Wildman–Crippen MR) is 224 cm³/mol. The van der Waals surface area contributed by atoms with E-state index in [4.69, 9.17) is 24.5 Å². The fourth-order valence-corrected chi connectivity index (χ4v) is 8.36. The normalized spacial score (nSPS) is 20.2. The first-order valence-corrected chi connectivity index (χ1v) is 20.5. The number of anilines is 2. The minimum Gasteiger partial charge on any atom is -0.484 e. The average Bonchev–Trinajstić information content (AvgIpc) is 3.84. The molecule has 3 atom stereocenters. The number of nitrogens with one attached hydrogen (secondary N) is 2. The standard InChI is InChI=1S/C43H55N9O3.CH2O2/c1-29-10-8-9-23-50(29)42-47-46-39-20-17-33(28-51(39)42)55-37-19-18-36(34-11-6-7-12-35(34)37)44-41(53)45-40-26-38(43(2,3)4)48-52(40)31-15-13-30(14-16-31)27-49-24-21-32(54-5)22-25-49;2-1-3/h6-7,11-17,20,26,28-29,32,36-37H,8-10,18-19,21-25,27H2,1-5H3,(H2,44,45,53);1H,(H,2,3)/t29-,36-,37+;/m0./s1. The van der Waals surface area contributed by atoms with E-state index in [-0.39, 0.29) is 30.1 Å². The molecule has 3 aliphatic rings. The van der Waals surface area contributed by atoms with E-state index in [9.17, 15) is 4.79 Å². The molecular weight excluding hydrogens is 735 g/mol. The molecule has 0 spiro atoms. The molecule has 58 heavy (non-hydrogen) atoms. The number of aromatic nitrogens is 5. The van der Waals surface area contributed by atoms with Crippen LogP contribution < -0.4 is 20.3 Å². The van der Waals surface area contributed by atoms with E-state index >= 15 is 0 Å². The molecule has 2 aliphatic heterocycles. The van der Waals surface area contributed by atoms with Crippen LogP contribution in [0.4, 0.5) is 16.6 Å². The number of carbonyl (C=O) groups is 2. The lowest BCUT2D eigenvalue weighted by Crippen LogP contribution is -2.38. The number of rotatable bonds is 9. The Morgan fingerprint density at radius 2 is 1.67 bits per heavy atom. The van der Waals surface area contributed by atoms with Crippen molar-refractivity contribution in [2.75, 3.05) is 37.0 Å². The summed E-state index contributed by atoms with van der Waals surface area (Å²) >= 11 is 0. The van der Waals surface area contributed by atoms with Gasteiger partial charge in [0.2, 0.25) is 5.95 Å². The third kappa shape index (κ3) is 9.29. The monoisotopic (exact) mass is 791 g/mol. The summed E-state index contributed by atoms with van der Waals surface area (Å²) in [5, 5.41) is 27.3. The number of fused-ring (bicyclic) bond motifs is 2. The molecule has 5 aromatic rings. The first-order valence-electron chi connectivity index (χ1n) is 20.5. The topological polar surface area (TPSA) is 151 Å². The summed E-state index contributed by atoms with van der Waals surface area (Å²) in [6, 6.07) is 22.7. The van der Waals surface area contributed by atoms with Crippen LogP contribution in [0.15, 0.2) is 72.9 Å². The van der Waals surface area contributed by atoms with Gasteiger partial charge >= 0.3 is 6.03 Å². The minimum absolute atomic E-state index is 0.153. The number of pyridine rings is 1. The lowest BCUT2D eigenvalue weighted by atomic mass is 9.85. The summed E-state index contributed by atoms with van der Waals surface area (Å²) in [5.74, 6) is 2.27. The van der Waals surface area contributed by atoms with Gasteiger partial charge in [-0.1, -0.05) is 57.2 Å². The Hall–Kier alpha value is -5.47. The van der Waals surface area contributed by atoms with Crippen LogP contribution in [-0.2, 0) is 21.5 Å². The highest BCUT2D eigenvalue weighted by Gasteiger charge is 2.31. The van der Waals surface area contributed by atoms with Crippen molar-refractivity contribution < 1.29 is 24.2 Å². The van der Waals surface area contributed by atoms with Crippen LogP contribution in [0.5, 0.6) is 5.75 Å².